The van der Waals surface area contributed by atoms with Gasteiger partial charge in [-0.15, -0.1) is 0 Å². The number of amides is 1. The van der Waals surface area contributed by atoms with Crippen molar-refractivity contribution in [2.24, 2.45) is 5.41 Å². The third-order valence-electron chi connectivity index (χ3n) is 3.33. The second kappa shape index (κ2) is 6.89. The van der Waals surface area contributed by atoms with Crippen molar-refractivity contribution in [1.29, 1.82) is 0 Å². The standard InChI is InChI=1S/C17H28N2O/c1-13-7-9-14(10-8-13)15(19(5)6)16(20)18-12-11-17(2,3)4/h7-10,15H,11-12H2,1-6H3,(H,18,20)/t15-/m1/s1. The molecule has 0 aliphatic heterocycles. The fourth-order valence-electron chi connectivity index (χ4n) is 2.09. The summed E-state index contributed by atoms with van der Waals surface area (Å²) < 4.78 is 0. The molecule has 112 valence electrons. The molecule has 3 heteroatoms. The van der Waals surface area contributed by atoms with E-state index in [-0.39, 0.29) is 17.4 Å². The van der Waals surface area contributed by atoms with Crippen molar-refractivity contribution >= 4 is 5.91 Å². The molecule has 0 unspecified atom stereocenters. The van der Waals surface area contributed by atoms with E-state index in [1.54, 1.807) is 0 Å². The molecule has 3 nitrogen and oxygen atoms in total. The van der Waals surface area contributed by atoms with Gasteiger partial charge in [-0.1, -0.05) is 50.6 Å². The quantitative estimate of drug-likeness (QED) is 0.896. The molecule has 1 aromatic carbocycles. The van der Waals surface area contributed by atoms with Gasteiger partial charge in [-0.3, -0.25) is 9.69 Å². The summed E-state index contributed by atoms with van der Waals surface area (Å²) in [5.41, 5.74) is 2.48. The number of likely N-dealkylation sites (N-methyl/N-ethyl adjacent to an activating group) is 1. The van der Waals surface area contributed by atoms with Gasteiger partial charge in [0.05, 0.1) is 0 Å². The zero-order chi connectivity index (χ0) is 15.3. The summed E-state index contributed by atoms with van der Waals surface area (Å²) in [7, 11) is 3.88. The molecule has 1 atom stereocenters. The SMILES string of the molecule is Cc1ccc([C@H](C(=O)NCCC(C)(C)C)N(C)C)cc1. The molecular weight excluding hydrogens is 248 g/mol. The summed E-state index contributed by atoms with van der Waals surface area (Å²) in [6.07, 6.45) is 0.979. The predicted octanol–water partition coefficient (Wildman–Crippen LogP) is 3.15. The average Bonchev–Trinajstić information content (AvgIpc) is 2.30. The van der Waals surface area contributed by atoms with E-state index in [0.717, 1.165) is 18.5 Å². The molecule has 20 heavy (non-hydrogen) atoms. The number of carbonyl (C=O) groups excluding carboxylic acids is 1. The van der Waals surface area contributed by atoms with Gasteiger partial charge in [-0.2, -0.15) is 0 Å². The fourth-order valence-corrected chi connectivity index (χ4v) is 2.09. The van der Waals surface area contributed by atoms with Gasteiger partial charge in [0, 0.05) is 6.54 Å². The Morgan fingerprint density at radius 2 is 1.75 bits per heavy atom. The summed E-state index contributed by atoms with van der Waals surface area (Å²) >= 11 is 0. The highest BCUT2D eigenvalue weighted by molar-refractivity contribution is 5.83. The largest absolute Gasteiger partial charge is 0.354 e. The van der Waals surface area contributed by atoms with Crippen molar-refractivity contribution < 1.29 is 4.79 Å². The fraction of sp³-hybridized carbons (Fsp3) is 0.588. The highest BCUT2D eigenvalue weighted by Crippen LogP contribution is 2.20. The number of nitrogens with zero attached hydrogens (tertiary/aromatic N) is 1. The van der Waals surface area contributed by atoms with Gasteiger partial charge >= 0.3 is 0 Å². The molecular formula is C17H28N2O. The molecule has 0 saturated heterocycles. The summed E-state index contributed by atoms with van der Waals surface area (Å²) in [6, 6.07) is 7.94. The first kappa shape index (κ1) is 16.7. The highest BCUT2D eigenvalue weighted by atomic mass is 16.2. The maximum Gasteiger partial charge on any atom is 0.241 e. The van der Waals surface area contributed by atoms with Gasteiger partial charge < -0.3 is 5.32 Å². The van der Waals surface area contributed by atoms with Gasteiger partial charge in [0.1, 0.15) is 6.04 Å². The second-order valence-corrected chi connectivity index (χ2v) is 6.88. The Kier molecular flexibility index (Phi) is 5.75. The number of rotatable bonds is 5. The summed E-state index contributed by atoms with van der Waals surface area (Å²) in [5, 5.41) is 3.05. The van der Waals surface area contributed by atoms with Crippen LogP contribution in [0.1, 0.15) is 44.4 Å². The van der Waals surface area contributed by atoms with Crippen molar-refractivity contribution in [2.45, 2.75) is 40.2 Å². The zero-order valence-electron chi connectivity index (χ0n) is 13.7. The predicted molar refractivity (Wildman–Crippen MR) is 84.7 cm³/mol. The number of benzene rings is 1. The Hall–Kier alpha value is -1.35. The normalized spacial score (nSPS) is 13.3. The Labute approximate surface area is 123 Å². The third-order valence-corrected chi connectivity index (χ3v) is 3.33. The summed E-state index contributed by atoms with van der Waals surface area (Å²) in [5.74, 6) is 0.0723. The van der Waals surface area contributed by atoms with Crippen LogP contribution in [0, 0.1) is 12.3 Å². The second-order valence-electron chi connectivity index (χ2n) is 6.88. The monoisotopic (exact) mass is 276 g/mol. The van der Waals surface area contributed by atoms with Crippen LogP contribution in [0.4, 0.5) is 0 Å². The number of carbonyl (C=O) groups is 1. The maximum atomic E-state index is 12.4. The van der Waals surface area contributed by atoms with E-state index in [0.29, 0.717) is 0 Å². The molecule has 0 heterocycles. The molecule has 0 aliphatic carbocycles. The first-order valence-corrected chi connectivity index (χ1v) is 7.21. The summed E-state index contributed by atoms with van der Waals surface area (Å²) in [4.78, 5) is 14.4. The van der Waals surface area contributed by atoms with Crippen LogP contribution in [0.25, 0.3) is 0 Å². The number of nitrogens with one attached hydrogen (secondary N) is 1. The van der Waals surface area contributed by atoms with E-state index in [4.69, 9.17) is 0 Å². The Bertz CT molecular complexity index is 429. The van der Waals surface area contributed by atoms with Crippen LogP contribution in [0.2, 0.25) is 0 Å². The van der Waals surface area contributed by atoms with E-state index < -0.39 is 0 Å². The lowest BCUT2D eigenvalue weighted by molar-refractivity contribution is -0.125. The minimum Gasteiger partial charge on any atom is -0.354 e. The minimum absolute atomic E-state index is 0.0723. The maximum absolute atomic E-state index is 12.4. The van der Waals surface area contributed by atoms with E-state index in [9.17, 15) is 4.79 Å². The van der Waals surface area contributed by atoms with Gasteiger partial charge in [0.2, 0.25) is 5.91 Å². The Balaban J connectivity index is 2.71. The Morgan fingerprint density at radius 3 is 2.20 bits per heavy atom. The molecule has 1 rings (SSSR count). The van der Waals surface area contributed by atoms with Gasteiger partial charge in [-0.25, -0.2) is 0 Å². The number of aryl methyl sites for hydroxylation is 1. The molecule has 0 spiro atoms. The van der Waals surface area contributed by atoms with E-state index in [1.807, 2.05) is 43.3 Å². The van der Waals surface area contributed by atoms with Crippen molar-refractivity contribution in [2.75, 3.05) is 20.6 Å². The highest BCUT2D eigenvalue weighted by Gasteiger charge is 2.22. The van der Waals surface area contributed by atoms with Crippen LogP contribution in [0.3, 0.4) is 0 Å². The summed E-state index contributed by atoms with van der Waals surface area (Å²) in [6.45, 7) is 9.32. The van der Waals surface area contributed by atoms with Crippen LogP contribution in [-0.2, 0) is 4.79 Å². The van der Waals surface area contributed by atoms with Crippen LogP contribution < -0.4 is 5.32 Å². The van der Waals surface area contributed by atoms with Crippen molar-refractivity contribution in [1.82, 2.24) is 10.2 Å². The van der Waals surface area contributed by atoms with E-state index >= 15 is 0 Å². The molecule has 0 aromatic heterocycles. The molecule has 0 fully saturated rings. The van der Waals surface area contributed by atoms with Gasteiger partial charge in [0.25, 0.3) is 0 Å². The van der Waals surface area contributed by atoms with Crippen LogP contribution in [0.5, 0.6) is 0 Å². The lowest BCUT2D eigenvalue weighted by atomic mass is 9.92. The van der Waals surface area contributed by atoms with Crippen molar-refractivity contribution in [3.8, 4) is 0 Å². The lowest BCUT2D eigenvalue weighted by Gasteiger charge is -2.25. The van der Waals surface area contributed by atoms with Crippen LogP contribution >= 0.6 is 0 Å². The minimum atomic E-state index is -0.226. The molecule has 1 aromatic rings. The van der Waals surface area contributed by atoms with Gasteiger partial charge in [0.15, 0.2) is 0 Å². The van der Waals surface area contributed by atoms with Gasteiger partial charge in [-0.05, 0) is 38.4 Å². The lowest BCUT2D eigenvalue weighted by Crippen LogP contribution is -2.38. The molecule has 0 radical (unpaired) electrons. The van der Waals surface area contributed by atoms with Crippen LogP contribution in [0.15, 0.2) is 24.3 Å². The first-order chi connectivity index (χ1) is 9.20. The zero-order valence-corrected chi connectivity index (χ0v) is 13.7. The first-order valence-electron chi connectivity index (χ1n) is 7.21. The molecule has 0 aliphatic rings. The van der Waals surface area contributed by atoms with E-state index in [1.165, 1.54) is 5.56 Å². The number of hydrogen-bond donors (Lipinski definition) is 1. The van der Waals surface area contributed by atoms with Crippen molar-refractivity contribution in [3.05, 3.63) is 35.4 Å². The molecule has 0 bridgehead atoms. The van der Waals surface area contributed by atoms with E-state index in [2.05, 4.69) is 33.0 Å². The topological polar surface area (TPSA) is 32.3 Å². The smallest absolute Gasteiger partial charge is 0.241 e. The Morgan fingerprint density at radius 1 is 1.20 bits per heavy atom. The van der Waals surface area contributed by atoms with Crippen molar-refractivity contribution in [3.63, 3.8) is 0 Å². The molecule has 1 amide bonds. The molecule has 1 N–H and O–H groups in total. The average molecular weight is 276 g/mol. The van der Waals surface area contributed by atoms with Crippen LogP contribution in [-0.4, -0.2) is 31.4 Å². The molecule has 0 saturated carbocycles. The third kappa shape index (κ3) is 5.33. The number of hydrogen-bond acceptors (Lipinski definition) is 2.